The lowest BCUT2D eigenvalue weighted by atomic mass is 9.77. The second kappa shape index (κ2) is 8.05. The summed E-state index contributed by atoms with van der Waals surface area (Å²) in [6, 6.07) is 18.9. The SMILES string of the molecule is CCOC(=O)C1=C(C(=O)OCC)C(c2ccccc2)(c2ccccc2)NN1. The molecule has 0 bridgehead atoms. The molecule has 0 spiro atoms. The molecular formula is C21H22N2O4. The Balaban J connectivity index is 2.28. The molecule has 2 N–H and O–H groups in total. The Morgan fingerprint density at radius 1 is 0.815 bits per heavy atom. The molecule has 3 rings (SSSR count). The molecule has 0 radical (unpaired) electrons. The molecule has 6 heteroatoms. The summed E-state index contributed by atoms with van der Waals surface area (Å²) in [5.74, 6) is -1.19. The summed E-state index contributed by atoms with van der Waals surface area (Å²) in [6.45, 7) is 3.83. The highest BCUT2D eigenvalue weighted by molar-refractivity contribution is 6.03. The molecule has 2 aromatic carbocycles. The van der Waals surface area contributed by atoms with Crippen LogP contribution in [0.1, 0.15) is 25.0 Å². The van der Waals surface area contributed by atoms with Crippen LogP contribution in [0.4, 0.5) is 0 Å². The Morgan fingerprint density at radius 2 is 1.30 bits per heavy atom. The number of hydrogen-bond acceptors (Lipinski definition) is 6. The van der Waals surface area contributed by atoms with Crippen LogP contribution in [-0.4, -0.2) is 25.2 Å². The number of hydrogen-bond donors (Lipinski definition) is 2. The maximum atomic E-state index is 13.0. The maximum absolute atomic E-state index is 13.0. The van der Waals surface area contributed by atoms with Crippen LogP contribution in [0.5, 0.6) is 0 Å². The molecule has 0 aliphatic carbocycles. The summed E-state index contributed by atoms with van der Waals surface area (Å²) >= 11 is 0. The quantitative estimate of drug-likeness (QED) is 0.765. The van der Waals surface area contributed by atoms with Crippen LogP contribution in [0.2, 0.25) is 0 Å². The van der Waals surface area contributed by atoms with Gasteiger partial charge in [0.25, 0.3) is 0 Å². The van der Waals surface area contributed by atoms with E-state index in [1.807, 2.05) is 60.7 Å². The zero-order valence-electron chi connectivity index (χ0n) is 15.3. The van der Waals surface area contributed by atoms with Gasteiger partial charge in [0.1, 0.15) is 11.2 Å². The van der Waals surface area contributed by atoms with Gasteiger partial charge in [-0.2, -0.15) is 0 Å². The minimum absolute atomic E-state index is 0.0583. The minimum Gasteiger partial charge on any atom is -0.462 e. The van der Waals surface area contributed by atoms with Crippen molar-refractivity contribution >= 4 is 11.9 Å². The summed E-state index contributed by atoms with van der Waals surface area (Å²) in [4.78, 5) is 25.5. The van der Waals surface area contributed by atoms with E-state index >= 15 is 0 Å². The number of nitrogens with one attached hydrogen (secondary N) is 2. The van der Waals surface area contributed by atoms with Crippen molar-refractivity contribution < 1.29 is 19.1 Å². The van der Waals surface area contributed by atoms with Crippen molar-refractivity contribution in [3.8, 4) is 0 Å². The van der Waals surface area contributed by atoms with Crippen molar-refractivity contribution in [1.82, 2.24) is 10.9 Å². The van der Waals surface area contributed by atoms with Gasteiger partial charge >= 0.3 is 11.9 Å². The van der Waals surface area contributed by atoms with Gasteiger partial charge in [-0.25, -0.2) is 15.0 Å². The van der Waals surface area contributed by atoms with Gasteiger partial charge in [-0.1, -0.05) is 60.7 Å². The largest absolute Gasteiger partial charge is 0.462 e. The monoisotopic (exact) mass is 366 g/mol. The molecule has 0 saturated heterocycles. The first-order chi connectivity index (χ1) is 13.1. The van der Waals surface area contributed by atoms with E-state index in [4.69, 9.17) is 9.47 Å². The van der Waals surface area contributed by atoms with E-state index in [1.165, 1.54) is 0 Å². The van der Waals surface area contributed by atoms with E-state index in [1.54, 1.807) is 13.8 Å². The number of esters is 2. The predicted octanol–water partition coefficient (Wildman–Crippen LogP) is 2.42. The van der Waals surface area contributed by atoms with Gasteiger partial charge < -0.3 is 14.9 Å². The van der Waals surface area contributed by atoms with Crippen LogP contribution in [0, 0.1) is 0 Å². The van der Waals surface area contributed by atoms with Crippen molar-refractivity contribution in [2.75, 3.05) is 13.2 Å². The van der Waals surface area contributed by atoms with Gasteiger partial charge in [0.05, 0.1) is 18.8 Å². The summed E-state index contributed by atoms with van der Waals surface area (Å²) in [5, 5.41) is 0. The highest BCUT2D eigenvalue weighted by Gasteiger charge is 2.50. The molecule has 27 heavy (non-hydrogen) atoms. The van der Waals surface area contributed by atoms with Gasteiger partial charge in [-0.05, 0) is 25.0 Å². The molecule has 1 heterocycles. The van der Waals surface area contributed by atoms with Gasteiger partial charge in [0.2, 0.25) is 0 Å². The van der Waals surface area contributed by atoms with Crippen LogP contribution in [-0.2, 0) is 24.6 Å². The molecule has 6 nitrogen and oxygen atoms in total. The molecule has 0 atom stereocenters. The number of rotatable bonds is 6. The number of benzene rings is 2. The molecule has 0 amide bonds. The molecule has 0 aromatic heterocycles. The third kappa shape index (κ3) is 3.31. The van der Waals surface area contributed by atoms with Gasteiger partial charge in [-0.3, -0.25) is 0 Å². The van der Waals surface area contributed by atoms with E-state index in [0.717, 1.165) is 11.1 Å². The van der Waals surface area contributed by atoms with Gasteiger partial charge in [0.15, 0.2) is 0 Å². The summed E-state index contributed by atoms with van der Waals surface area (Å²) < 4.78 is 10.4. The second-order valence-corrected chi connectivity index (χ2v) is 5.92. The van der Waals surface area contributed by atoms with Crippen molar-refractivity contribution in [3.05, 3.63) is 83.1 Å². The summed E-state index contributed by atoms with van der Waals surface area (Å²) in [6.07, 6.45) is 0. The molecule has 0 fully saturated rings. The molecule has 0 saturated carbocycles. The molecule has 1 aliphatic rings. The lowest BCUT2D eigenvalue weighted by Gasteiger charge is -2.32. The van der Waals surface area contributed by atoms with E-state index in [-0.39, 0.29) is 24.5 Å². The summed E-state index contributed by atoms with van der Waals surface area (Å²) in [7, 11) is 0. The van der Waals surface area contributed by atoms with Crippen LogP contribution in [0.15, 0.2) is 71.9 Å². The minimum atomic E-state index is -1.09. The van der Waals surface area contributed by atoms with Crippen molar-refractivity contribution in [1.29, 1.82) is 0 Å². The van der Waals surface area contributed by atoms with Crippen molar-refractivity contribution in [3.63, 3.8) is 0 Å². The maximum Gasteiger partial charge on any atom is 0.356 e. The van der Waals surface area contributed by atoms with Gasteiger partial charge in [-0.15, -0.1) is 0 Å². The Bertz CT molecular complexity index is 808. The Labute approximate surface area is 158 Å². The fourth-order valence-corrected chi connectivity index (χ4v) is 3.26. The fraction of sp³-hybridized carbons (Fsp3) is 0.238. The topological polar surface area (TPSA) is 76.7 Å². The van der Waals surface area contributed by atoms with Crippen LogP contribution >= 0.6 is 0 Å². The van der Waals surface area contributed by atoms with Crippen LogP contribution < -0.4 is 10.9 Å². The first kappa shape index (κ1) is 18.7. The predicted molar refractivity (Wildman–Crippen MR) is 100 cm³/mol. The van der Waals surface area contributed by atoms with E-state index < -0.39 is 17.5 Å². The van der Waals surface area contributed by atoms with Crippen LogP contribution in [0.25, 0.3) is 0 Å². The standard InChI is InChI=1S/C21H22N2O4/c1-3-26-19(24)17-18(20(25)27-4-2)22-23-21(17,15-11-7-5-8-12-15)16-13-9-6-10-14-16/h5-14,22-23H,3-4H2,1-2H3. The summed E-state index contributed by atoms with van der Waals surface area (Å²) in [5.41, 5.74) is 6.78. The van der Waals surface area contributed by atoms with E-state index in [0.29, 0.717) is 0 Å². The average molecular weight is 366 g/mol. The molecule has 2 aromatic rings. The van der Waals surface area contributed by atoms with Crippen molar-refractivity contribution in [2.45, 2.75) is 19.4 Å². The Kier molecular flexibility index (Phi) is 5.57. The first-order valence-corrected chi connectivity index (χ1v) is 8.88. The van der Waals surface area contributed by atoms with E-state index in [2.05, 4.69) is 10.9 Å². The molecule has 0 unspecified atom stereocenters. The number of carbonyl (C=O) groups excluding carboxylic acids is 2. The van der Waals surface area contributed by atoms with Crippen molar-refractivity contribution in [2.24, 2.45) is 0 Å². The zero-order chi connectivity index (χ0) is 19.3. The lowest BCUT2D eigenvalue weighted by molar-refractivity contribution is -0.142. The smallest absolute Gasteiger partial charge is 0.356 e. The zero-order valence-corrected chi connectivity index (χ0v) is 15.3. The average Bonchev–Trinajstić information content (AvgIpc) is 3.11. The Hall–Kier alpha value is -3.12. The van der Waals surface area contributed by atoms with Crippen LogP contribution in [0.3, 0.4) is 0 Å². The molecule has 1 aliphatic heterocycles. The third-order valence-electron chi connectivity index (χ3n) is 4.37. The first-order valence-electron chi connectivity index (χ1n) is 8.88. The Morgan fingerprint density at radius 3 is 1.78 bits per heavy atom. The third-order valence-corrected chi connectivity index (χ3v) is 4.37. The normalized spacial score (nSPS) is 15.2. The number of ether oxygens (including phenoxy) is 2. The molecule has 140 valence electrons. The fourth-order valence-electron chi connectivity index (χ4n) is 3.26. The number of hydrazine groups is 1. The second-order valence-electron chi connectivity index (χ2n) is 5.92. The van der Waals surface area contributed by atoms with E-state index in [9.17, 15) is 9.59 Å². The molecular weight excluding hydrogens is 344 g/mol. The highest BCUT2D eigenvalue weighted by atomic mass is 16.5. The number of carbonyl (C=O) groups is 2. The lowest BCUT2D eigenvalue weighted by Crippen LogP contribution is -2.46. The highest BCUT2D eigenvalue weighted by Crippen LogP contribution is 2.41. The van der Waals surface area contributed by atoms with Gasteiger partial charge in [0, 0.05) is 0 Å².